The van der Waals surface area contributed by atoms with Crippen LogP contribution in [0.15, 0.2) is 29.3 Å². The molecule has 4 heterocycles. The highest BCUT2D eigenvalue weighted by molar-refractivity contribution is 7.14. The van der Waals surface area contributed by atoms with Gasteiger partial charge in [-0.1, -0.05) is 0 Å². The van der Waals surface area contributed by atoms with Gasteiger partial charge in [0, 0.05) is 43.0 Å². The normalized spacial score (nSPS) is 13.9. The summed E-state index contributed by atoms with van der Waals surface area (Å²) in [5.41, 5.74) is 8.93. The van der Waals surface area contributed by atoms with Crippen LogP contribution in [0, 0.1) is 5.82 Å². The number of carbonyl (C=O) groups is 1. The summed E-state index contributed by atoms with van der Waals surface area (Å²) < 4.78 is 19.4. The Morgan fingerprint density at radius 2 is 2.21 bits per heavy atom. The zero-order valence-corrected chi connectivity index (χ0v) is 19.4. The summed E-state index contributed by atoms with van der Waals surface area (Å²) in [4.78, 5) is 31.0. The Hall–Kier alpha value is -3.93. The van der Waals surface area contributed by atoms with Crippen LogP contribution >= 0.6 is 11.3 Å². The topological polar surface area (TPSA) is 134 Å². The molecule has 0 amide bonds. The second-order valence-electron chi connectivity index (χ2n) is 7.70. The Bertz CT molecular complexity index is 1430. The van der Waals surface area contributed by atoms with Crippen LogP contribution in [0.2, 0.25) is 0 Å². The van der Waals surface area contributed by atoms with Gasteiger partial charge in [-0.05, 0) is 25.1 Å². The molecule has 1 aliphatic rings. The lowest BCUT2D eigenvalue weighted by atomic mass is 10.1. The van der Waals surface area contributed by atoms with Crippen LogP contribution in [0.25, 0.3) is 21.9 Å². The van der Waals surface area contributed by atoms with Gasteiger partial charge in [-0.25, -0.2) is 14.2 Å². The number of rotatable bonds is 6. The van der Waals surface area contributed by atoms with Gasteiger partial charge in [0.1, 0.15) is 17.3 Å². The third kappa shape index (κ3) is 3.96. The van der Waals surface area contributed by atoms with Gasteiger partial charge in [-0.3, -0.25) is 5.32 Å². The standard InChI is InChI=1S/C22H23FN8O2S/c1-3-33-20(32)15-10-34-22(26-15)30-21-28-18-16(19(29-21)31-6-4-12(24)5-7-31)13-8-11(23)9-14(25-2)17(13)27-18/h4,8-10,25H,3,5-7,24H2,1-2H3,(H2,26,27,28,29,30). The smallest absolute Gasteiger partial charge is 0.357 e. The second kappa shape index (κ2) is 8.78. The molecule has 176 valence electrons. The first-order valence-electron chi connectivity index (χ1n) is 10.8. The average Bonchev–Trinajstić information content (AvgIpc) is 3.43. The maximum Gasteiger partial charge on any atom is 0.357 e. The third-order valence-electron chi connectivity index (χ3n) is 5.53. The monoisotopic (exact) mass is 482 g/mol. The van der Waals surface area contributed by atoms with Gasteiger partial charge in [0.25, 0.3) is 0 Å². The van der Waals surface area contributed by atoms with E-state index in [1.165, 1.54) is 23.5 Å². The summed E-state index contributed by atoms with van der Waals surface area (Å²) in [6.45, 7) is 3.25. The van der Waals surface area contributed by atoms with Crippen molar-refractivity contribution in [1.29, 1.82) is 0 Å². The van der Waals surface area contributed by atoms with E-state index in [4.69, 9.17) is 15.5 Å². The fraction of sp³-hybridized carbons (Fsp3) is 0.273. The number of benzene rings is 1. The molecule has 0 saturated heterocycles. The van der Waals surface area contributed by atoms with E-state index in [1.807, 2.05) is 6.08 Å². The number of nitrogens with zero attached hydrogens (tertiary/aromatic N) is 4. The molecule has 0 aliphatic carbocycles. The molecular weight excluding hydrogens is 459 g/mol. The van der Waals surface area contributed by atoms with E-state index in [0.717, 1.165) is 16.6 Å². The van der Waals surface area contributed by atoms with Crippen molar-refractivity contribution in [3.8, 4) is 0 Å². The molecule has 0 fully saturated rings. The van der Waals surface area contributed by atoms with Gasteiger partial charge in [-0.2, -0.15) is 9.97 Å². The van der Waals surface area contributed by atoms with Crippen LogP contribution in [0.4, 0.5) is 27.0 Å². The number of aromatic amines is 1. The van der Waals surface area contributed by atoms with Crippen LogP contribution in [0.1, 0.15) is 23.8 Å². The van der Waals surface area contributed by atoms with Crippen molar-refractivity contribution in [2.24, 2.45) is 5.73 Å². The van der Waals surface area contributed by atoms with Crippen molar-refractivity contribution < 1.29 is 13.9 Å². The first-order chi connectivity index (χ1) is 16.5. The molecule has 3 aromatic heterocycles. The minimum atomic E-state index is -0.487. The SMILES string of the molecule is CCOC(=O)c1csc(Nc2nc(N3CC=C(N)CC3)c3c(n2)[nH]c2c(NC)cc(F)cc23)n1. The van der Waals surface area contributed by atoms with E-state index in [1.54, 1.807) is 19.4 Å². The van der Waals surface area contributed by atoms with Crippen LogP contribution in [0.3, 0.4) is 0 Å². The minimum absolute atomic E-state index is 0.215. The molecule has 10 nitrogen and oxygen atoms in total. The summed E-state index contributed by atoms with van der Waals surface area (Å²) in [6.07, 6.45) is 2.65. The highest BCUT2D eigenvalue weighted by Crippen LogP contribution is 2.37. The fourth-order valence-electron chi connectivity index (χ4n) is 3.93. The Labute approximate surface area is 198 Å². The van der Waals surface area contributed by atoms with Gasteiger partial charge in [0.05, 0.1) is 23.2 Å². The molecule has 0 unspecified atom stereocenters. The van der Waals surface area contributed by atoms with Gasteiger partial charge in [0.15, 0.2) is 10.8 Å². The zero-order valence-electron chi connectivity index (χ0n) is 18.6. The van der Waals surface area contributed by atoms with E-state index in [9.17, 15) is 9.18 Å². The first kappa shape index (κ1) is 21.9. The maximum absolute atomic E-state index is 14.4. The van der Waals surface area contributed by atoms with Gasteiger partial charge in [-0.15, -0.1) is 11.3 Å². The number of hydrogen-bond donors (Lipinski definition) is 4. The fourth-order valence-corrected chi connectivity index (χ4v) is 4.60. The minimum Gasteiger partial charge on any atom is -0.461 e. The van der Waals surface area contributed by atoms with E-state index < -0.39 is 5.97 Å². The summed E-state index contributed by atoms with van der Waals surface area (Å²) in [5.74, 6) is 0.104. The predicted octanol–water partition coefficient (Wildman–Crippen LogP) is 3.72. The number of nitrogens with two attached hydrogens (primary N) is 1. The molecule has 0 spiro atoms. The molecule has 1 aromatic carbocycles. The Morgan fingerprint density at radius 3 is 2.94 bits per heavy atom. The van der Waals surface area contributed by atoms with Crippen molar-refractivity contribution in [2.45, 2.75) is 13.3 Å². The van der Waals surface area contributed by atoms with Crippen molar-refractivity contribution >= 4 is 61.8 Å². The van der Waals surface area contributed by atoms with Gasteiger partial charge >= 0.3 is 5.97 Å². The number of H-pyrrole nitrogens is 1. The number of thiazole rings is 1. The van der Waals surface area contributed by atoms with Crippen LogP contribution < -0.4 is 21.3 Å². The van der Waals surface area contributed by atoms with Crippen LogP contribution in [-0.2, 0) is 4.74 Å². The summed E-state index contributed by atoms with van der Waals surface area (Å²) >= 11 is 1.25. The summed E-state index contributed by atoms with van der Waals surface area (Å²) in [5, 5.41) is 9.58. The van der Waals surface area contributed by atoms with E-state index in [2.05, 4.69) is 30.5 Å². The average molecular weight is 483 g/mol. The summed E-state index contributed by atoms with van der Waals surface area (Å²) in [6, 6.07) is 2.91. The van der Waals surface area contributed by atoms with E-state index >= 15 is 0 Å². The second-order valence-corrected chi connectivity index (χ2v) is 8.56. The molecule has 34 heavy (non-hydrogen) atoms. The quantitative estimate of drug-likeness (QED) is 0.303. The molecule has 12 heteroatoms. The number of fused-ring (bicyclic) bond motifs is 3. The number of aromatic nitrogens is 4. The van der Waals surface area contributed by atoms with Crippen molar-refractivity contribution in [2.75, 3.05) is 42.3 Å². The van der Waals surface area contributed by atoms with E-state index in [-0.39, 0.29) is 18.1 Å². The Morgan fingerprint density at radius 1 is 1.35 bits per heavy atom. The number of nitrogens with one attached hydrogen (secondary N) is 3. The number of hydrogen-bond acceptors (Lipinski definition) is 10. The lowest BCUT2D eigenvalue weighted by molar-refractivity contribution is 0.0520. The largest absolute Gasteiger partial charge is 0.461 e. The van der Waals surface area contributed by atoms with E-state index in [0.29, 0.717) is 53.1 Å². The molecule has 0 radical (unpaired) electrons. The molecule has 5 N–H and O–H groups in total. The summed E-state index contributed by atoms with van der Waals surface area (Å²) in [7, 11) is 1.74. The third-order valence-corrected chi connectivity index (χ3v) is 6.28. The molecule has 1 aliphatic heterocycles. The zero-order chi connectivity index (χ0) is 23.8. The highest BCUT2D eigenvalue weighted by atomic mass is 32.1. The Kier molecular flexibility index (Phi) is 5.65. The van der Waals surface area contributed by atoms with Gasteiger partial charge < -0.3 is 25.7 Å². The molecule has 4 aromatic rings. The van der Waals surface area contributed by atoms with Crippen molar-refractivity contribution in [1.82, 2.24) is 19.9 Å². The molecular formula is C22H23FN8O2S. The molecule has 5 rings (SSSR count). The predicted molar refractivity (Wildman–Crippen MR) is 131 cm³/mol. The number of halogens is 1. The maximum atomic E-state index is 14.4. The molecule has 0 bridgehead atoms. The van der Waals surface area contributed by atoms with Crippen molar-refractivity contribution in [3.63, 3.8) is 0 Å². The highest BCUT2D eigenvalue weighted by Gasteiger charge is 2.22. The number of ether oxygens (including phenoxy) is 1. The number of anilines is 4. The van der Waals surface area contributed by atoms with Gasteiger partial charge in [0.2, 0.25) is 5.95 Å². The lowest BCUT2D eigenvalue weighted by Gasteiger charge is -2.27. The van der Waals surface area contributed by atoms with Crippen LogP contribution in [-0.4, -0.2) is 52.6 Å². The Balaban J connectivity index is 1.62. The van der Waals surface area contributed by atoms with Crippen molar-refractivity contribution in [3.05, 3.63) is 40.8 Å². The molecule has 0 atom stereocenters. The first-order valence-corrected chi connectivity index (χ1v) is 11.6. The lowest BCUT2D eigenvalue weighted by Crippen LogP contribution is -2.31. The van der Waals surface area contributed by atoms with Crippen LogP contribution in [0.5, 0.6) is 0 Å². The number of carbonyl (C=O) groups excluding carboxylic acids is 1. The number of esters is 1. The molecule has 0 saturated carbocycles.